The zero-order chi connectivity index (χ0) is 15.5. The summed E-state index contributed by atoms with van der Waals surface area (Å²) in [7, 11) is 0. The molecule has 0 fully saturated rings. The van der Waals surface area contributed by atoms with E-state index in [1.807, 2.05) is 45.0 Å². The molecule has 1 amide bonds. The highest BCUT2D eigenvalue weighted by Gasteiger charge is 2.22. The number of aliphatic hydroxyl groups is 1. The molecule has 1 unspecified atom stereocenters. The molecule has 0 saturated carbocycles. The molecule has 0 aliphatic carbocycles. The van der Waals surface area contributed by atoms with Crippen molar-refractivity contribution in [2.75, 3.05) is 12.3 Å². The van der Waals surface area contributed by atoms with Gasteiger partial charge in [0.05, 0.1) is 22.1 Å². The minimum absolute atomic E-state index is 0.0810. The number of nitrogens with zero attached hydrogens (tertiary/aromatic N) is 1. The quantitative estimate of drug-likeness (QED) is 0.830. The number of thioether (sulfide) groups is 1. The van der Waals surface area contributed by atoms with E-state index in [0.29, 0.717) is 5.75 Å². The van der Waals surface area contributed by atoms with E-state index in [9.17, 15) is 9.90 Å². The van der Waals surface area contributed by atoms with Crippen molar-refractivity contribution in [1.82, 2.24) is 10.3 Å². The average molecular weight is 324 g/mol. The summed E-state index contributed by atoms with van der Waals surface area (Å²) in [5.41, 5.74) is 0.738. The van der Waals surface area contributed by atoms with Gasteiger partial charge in [-0.25, -0.2) is 4.98 Å². The summed E-state index contributed by atoms with van der Waals surface area (Å²) in [4.78, 5) is 16.3. The molecule has 4 nitrogen and oxygen atoms in total. The SMILES string of the molecule is CC(C)(C)C(O)CNC(=O)CSc1nc2ccccc2s1. The van der Waals surface area contributed by atoms with Crippen molar-refractivity contribution in [2.45, 2.75) is 31.2 Å². The van der Waals surface area contributed by atoms with Gasteiger partial charge in [0.25, 0.3) is 0 Å². The van der Waals surface area contributed by atoms with E-state index >= 15 is 0 Å². The van der Waals surface area contributed by atoms with Crippen LogP contribution in [-0.4, -0.2) is 34.4 Å². The normalized spacial score (nSPS) is 13.3. The predicted molar refractivity (Wildman–Crippen MR) is 88.8 cm³/mol. The van der Waals surface area contributed by atoms with E-state index in [-0.39, 0.29) is 17.9 Å². The van der Waals surface area contributed by atoms with Crippen LogP contribution in [-0.2, 0) is 4.79 Å². The fourth-order valence-corrected chi connectivity index (χ4v) is 3.51. The van der Waals surface area contributed by atoms with Crippen molar-refractivity contribution in [3.63, 3.8) is 0 Å². The van der Waals surface area contributed by atoms with E-state index in [4.69, 9.17) is 0 Å². The average Bonchev–Trinajstić information content (AvgIpc) is 2.84. The molecular formula is C15H20N2O2S2. The lowest BCUT2D eigenvalue weighted by molar-refractivity contribution is -0.119. The lowest BCUT2D eigenvalue weighted by Crippen LogP contribution is -2.39. The second kappa shape index (κ2) is 6.77. The van der Waals surface area contributed by atoms with Gasteiger partial charge in [-0.1, -0.05) is 44.7 Å². The predicted octanol–water partition coefficient (Wildman–Crippen LogP) is 2.91. The number of carbonyl (C=O) groups excluding carboxylic acids is 1. The largest absolute Gasteiger partial charge is 0.391 e. The van der Waals surface area contributed by atoms with E-state index in [1.54, 1.807) is 11.3 Å². The molecule has 1 atom stereocenters. The number of para-hydroxylation sites is 1. The first-order valence-corrected chi connectivity index (χ1v) is 8.59. The molecule has 2 rings (SSSR count). The lowest BCUT2D eigenvalue weighted by Gasteiger charge is -2.25. The molecule has 6 heteroatoms. The van der Waals surface area contributed by atoms with Gasteiger partial charge in [-0.2, -0.15) is 0 Å². The van der Waals surface area contributed by atoms with Crippen molar-refractivity contribution in [3.8, 4) is 0 Å². The number of hydrogen-bond acceptors (Lipinski definition) is 5. The van der Waals surface area contributed by atoms with Crippen molar-refractivity contribution in [2.24, 2.45) is 5.41 Å². The first-order valence-electron chi connectivity index (χ1n) is 6.79. The summed E-state index contributed by atoms with van der Waals surface area (Å²) >= 11 is 3.02. The molecule has 0 aliphatic heterocycles. The van der Waals surface area contributed by atoms with Gasteiger partial charge < -0.3 is 10.4 Å². The first-order chi connectivity index (χ1) is 9.86. The molecule has 0 radical (unpaired) electrons. The van der Waals surface area contributed by atoms with Gasteiger partial charge in [0.15, 0.2) is 4.34 Å². The Morgan fingerprint density at radius 3 is 2.81 bits per heavy atom. The van der Waals surface area contributed by atoms with Crippen LogP contribution in [0.4, 0.5) is 0 Å². The number of nitrogens with one attached hydrogen (secondary N) is 1. The highest BCUT2D eigenvalue weighted by atomic mass is 32.2. The summed E-state index contributed by atoms with van der Waals surface area (Å²) in [6.45, 7) is 6.11. The van der Waals surface area contributed by atoms with Gasteiger partial charge in [0.1, 0.15) is 0 Å². The van der Waals surface area contributed by atoms with Gasteiger partial charge in [-0.15, -0.1) is 11.3 Å². The van der Waals surface area contributed by atoms with Gasteiger partial charge >= 0.3 is 0 Å². The van der Waals surface area contributed by atoms with Crippen molar-refractivity contribution in [1.29, 1.82) is 0 Å². The monoisotopic (exact) mass is 324 g/mol. The maximum atomic E-state index is 11.8. The molecule has 1 aromatic heterocycles. The maximum absolute atomic E-state index is 11.8. The molecule has 114 valence electrons. The van der Waals surface area contributed by atoms with Crippen molar-refractivity contribution in [3.05, 3.63) is 24.3 Å². The van der Waals surface area contributed by atoms with E-state index < -0.39 is 6.10 Å². The van der Waals surface area contributed by atoms with Crippen molar-refractivity contribution < 1.29 is 9.90 Å². The van der Waals surface area contributed by atoms with Crippen LogP contribution in [0.25, 0.3) is 10.2 Å². The Morgan fingerprint density at radius 1 is 1.43 bits per heavy atom. The molecular weight excluding hydrogens is 304 g/mol. The Labute approximate surface area is 133 Å². The Balaban J connectivity index is 1.81. The summed E-state index contributed by atoms with van der Waals surface area (Å²) in [6, 6.07) is 7.93. The smallest absolute Gasteiger partial charge is 0.230 e. The zero-order valence-electron chi connectivity index (χ0n) is 12.4. The van der Waals surface area contributed by atoms with Gasteiger partial charge in [-0.3, -0.25) is 4.79 Å². The number of benzene rings is 1. The van der Waals surface area contributed by atoms with Gasteiger partial charge in [0.2, 0.25) is 5.91 Å². The number of aromatic nitrogens is 1. The standard InChI is InChI=1S/C15H20N2O2S2/c1-15(2,3)12(18)8-16-13(19)9-20-14-17-10-6-4-5-7-11(10)21-14/h4-7,12,18H,8-9H2,1-3H3,(H,16,19). The van der Waals surface area contributed by atoms with E-state index in [2.05, 4.69) is 10.3 Å². The van der Waals surface area contributed by atoms with Crippen LogP contribution in [0.1, 0.15) is 20.8 Å². The minimum Gasteiger partial charge on any atom is -0.391 e. The Bertz CT molecular complexity index is 586. The number of fused-ring (bicyclic) bond motifs is 1. The molecule has 2 N–H and O–H groups in total. The number of aliphatic hydroxyl groups excluding tert-OH is 1. The number of thiazole rings is 1. The van der Waals surface area contributed by atoms with Crippen LogP contribution in [0, 0.1) is 5.41 Å². The van der Waals surface area contributed by atoms with E-state index in [1.165, 1.54) is 11.8 Å². The Morgan fingerprint density at radius 2 is 2.14 bits per heavy atom. The summed E-state index contributed by atoms with van der Waals surface area (Å²) in [6.07, 6.45) is -0.547. The first kappa shape index (κ1) is 16.3. The second-order valence-electron chi connectivity index (χ2n) is 5.92. The fourth-order valence-electron chi connectivity index (χ4n) is 1.61. The zero-order valence-corrected chi connectivity index (χ0v) is 14.1. The molecule has 0 aliphatic rings. The third-order valence-corrected chi connectivity index (χ3v) is 5.27. The number of carbonyl (C=O) groups is 1. The second-order valence-corrected chi connectivity index (χ2v) is 8.18. The van der Waals surface area contributed by atoms with Crippen LogP contribution in [0.5, 0.6) is 0 Å². The lowest BCUT2D eigenvalue weighted by atomic mass is 9.89. The summed E-state index contributed by atoms with van der Waals surface area (Å²) < 4.78 is 2.02. The molecule has 2 aromatic rings. The molecule has 1 heterocycles. The van der Waals surface area contributed by atoms with E-state index in [0.717, 1.165) is 14.6 Å². The topological polar surface area (TPSA) is 62.2 Å². The molecule has 21 heavy (non-hydrogen) atoms. The third-order valence-electron chi connectivity index (χ3n) is 3.09. The highest BCUT2D eigenvalue weighted by Crippen LogP contribution is 2.29. The summed E-state index contributed by atoms with van der Waals surface area (Å²) in [5.74, 6) is 0.235. The van der Waals surface area contributed by atoms with Gasteiger partial charge in [0, 0.05) is 6.54 Å². The summed E-state index contributed by atoms with van der Waals surface area (Å²) in [5, 5.41) is 12.6. The highest BCUT2D eigenvalue weighted by molar-refractivity contribution is 8.01. The van der Waals surface area contributed by atoms with Crippen LogP contribution in [0.2, 0.25) is 0 Å². The van der Waals surface area contributed by atoms with Crippen LogP contribution in [0.15, 0.2) is 28.6 Å². The molecule has 1 aromatic carbocycles. The van der Waals surface area contributed by atoms with Crippen LogP contribution < -0.4 is 5.32 Å². The fraction of sp³-hybridized carbons (Fsp3) is 0.467. The number of rotatable bonds is 5. The van der Waals surface area contributed by atoms with Crippen LogP contribution >= 0.6 is 23.1 Å². The van der Waals surface area contributed by atoms with Crippen molar-refractivity contribution >= 4 is 39.2 Å². The Hall–Kier alpha value is -1.11. The molecule has 0 bridgehead atoms. The molecule has 0 saturated heterocycles. The van der Waals surface area contributed by atoms with Gasteiger partial charge in [-0.05, 0) is 17.5 Å². The number of hydrogen-bond donors (Lipinski definition) is 2. The maximum Gasteiger partial charge on any atom is 0.230 e. The number of amides is 1. The Kier molecular flexibility index (Phi) is 5.24. The molecule has 0 spiro atoms. The third kappa shape index (κ3) is 4.69. The van der Waals surface area contributed by atoms with Crippen LogP contribution in [0.3, 0.4) is 0 Å². The minimum atomic E-state index is -0.547.